The van der Waals surface area contributed by atoms with Crippen LogP contribution in [0.25, 0.3) is 0 Å². The highest BCUT2D eigenvalue weighted by Crippen LogP contribution is 2.12. The second-order valence-corrected chi connectivity index (χ2v) is 6.89. The van der Waals surface area contributed by atoms with Crippen molar-refractivity contribution in [3.63, 3.8) is 0 Å². The number of aromatic hydroxyl groups is 1. The van der Waals surface area contributed by atoms with E-state index in [2.05, 4.69) is 10.6 Å². The van der Waals surface area contributed by atoms with Gasteiger partial charge in [0.2, 0.25) is 17.7 Å². The van der Waals surface area contributed by atoms with Crippen LogP contribution in [0.3, 0.4) is 0 Å². The molecule has 0 aliphatic rings. The lowest BCUT2D eigenvalue weighted by molar-refractivity contribution is -0.143. The first-order valence-electron chi connectivity index (χ1n) is 9.49. The third kappa shape index (κ3) is 8.88. The minimum absolute atomic E-state index is 0.0102. The summed E-state index contributed by atoms with van der Waals surface area (Å²) in [5.74, 6) is -3.69. The largest absolute Gasteiger partial charge is 0.508 e. The molecular weight excluding hydrogens is 394 g/mol. The zero-order valence-corrected chi connectivity index (χ0v) is 16.5. The summed E-state index contributed by atoms with van der Waals surface area (Å²) in [6, 6.07) is 2.38. The van der Waals surface area contributed by atoms with Crippen molar-refractivity contribution < 1.29 is 29.4 Å². The summed E-state index contributed by atoms with van der Waals surface area (Å²) in [4.78, 5) is 47.5. The van der Waals surface area contributed by atoms with Gasteiger partial charge in [0.15, 0.2) is 0 Å². The van der Waals surface area contributed by atoms with Crippen molar-refractivity contribution in [3.8, 4) is 5.75 Å². The van der Waals surface area contributed by atoms with Crippen LogP contribution in [-0.4, -0.2) is 58.6 Å². The van der Waals surface area contributed by atoms with Crippen molar-refractivity contribution in [1.82, 2.24) is 10.6 Å². The molecule has 0 spiro atoms. The molecule has 0 saturated carbocycles. The number of carboxylic acids is 1. The second kappa shape index (κ2) is 12.4. The molecule has 0 unspecified atom stereocenters. The van der Waals surface area contributed by atoms with Crippen LogP contribution in [0.2, 0.25) is 0 Å². The van der Waals surface area contributed by atoms with Crippen molar-refractivity contribution in [2.75, 3.05) is 6.54 Å². The molecule has 1 rings (SSSR count). The number of nitrogens with one attached hydrogen (secondary N) is 2. The Kier molecular flexibility index (Phi) is 10.3. The number of hydrogen-bond donors (Lipinski definition) is 7. The summed E-state index contributed by atoms with van der Waals surface area (Å²) in [5.41, 5.74) is 16.9. The maximum absolute atomic E-state index is 12.7. The Balaban J connectivity index is 2.93. The summed E-state index contributed by atoms with van der Waals surface area (Å²) in [5, 5.41) is 23.3. The third-order valence-corrected chi connectivity index (χ3v) is 4.34. The van der Waals surface area contributed by atoms with Crippen LogP contribution >= 0.6 is 0 Å². The highest BCUT2D eigenvalue weighted by molar-refractivity contribution is 5.93. The van der Waals surface area contributed by atoms with Gasteiger partial charge in [-0.3, -0.25) is 14.4 Å². The predicted octanol–water partition coefficient (Wildman–Crippen LogP) is -1.68. The average molecular weight is 423 g/mol. The molecule has 1 aromatic rings. The van der Waals surface area contributed by atoms with Crippen LogP contribution in [0, 0.1) is 0 Å². The SMILES string of the molecule is NCCCC[C@H](N)C(=O)N[C@@H](Cc1ccc(O)cc1)C(=O)N[C@@H](CC(N)=O)C(=O)O. The van der Waals surface area contributed by atoms with Crippen LogP contribution in [0.5, 0.6) is 5.75 Å². The Morgan fingerprint density at radius 3 is 2.10 bits per heavy atom. The number of primary amides is 1. The third-order valence-electron chi connectivity index (χ3n) is 4.34. The second-order valence-electron chi connectivity index (χ2n) is 6.89. The number of phenols is 1. The lowest BCUT2D eigenvalue weighted by Gasteiger charge is -2.23. The number of nitrogens with two attached hydrogens (primary N) is 3. The van der Waals surface area contributed by atoms with E-state index in [1.54, 1.807) is 12.1 Å². The van der Waals surface area contributed by atoms with Gasteiger partial charge < -0.3 is 38.0 Å². The molecule has 0 bridgehead atoms. The van der Waals surface area contributed by atoms with Gasteiger partial charge in [0.1, 0.15) is 17.8 Å². The minimum Gasteiger partial charge on any atom is -0.508 e. The molecule has 0 fully saturated rings. The smallest absolute Gasteiger partial charge is 0.326 e. The molecule has 10 N–H and O–H groups in total. The summed E-state index contributed by atoms with van der Waals surface area (Å²) >= 11 is 0. The fraction of sp³-hybridized carbons (Fsp3) is 0.474. The molecule has 0 aliphatic heterocycles. The number of carboxylic acid groups (broad SMARTS) is 1. The highest BCUT2D eigenvalue weighted by atomic mass is 16.4. The van der Waals surface area contributed by atoms with Gasteiger partial charge in [-0.1, -0.05) is 18.6 Å². The van der Waals surface area contributed by atoms with E-state index in [0.29, 0.717) is 31.4 Å². The summed E-state index contributed by atoms with van der Waals surface area (Å²) in [7, 11) is 0. The summed E-state index contributed by atoms with van der Waals surface area (Å²) < 4.78 is 0. The van der Waals surface area contributed by atoms with Crippen molar-refractivity contribution in [2.45, 2.75) is 50.2 Å². The average Bonchev–Trinajstić information content (AvgIpc) is 2.68. The minimum atomic E-state index is -1.53. The Bertz CT molecular complexity index is 739. The maximum atomic E-state index is 12.7. The summed E-state index contributed by atoms with van der Waals surface area (Å²) in [6.45, 7) is 0.469. The van der Waals surface area contributed by atoms with E-state index in [-0.39, 0.29) is 12.2 Å². The number of carbonyl (C=O) groups is 4. The van der Waals surface area contributed by atoms with Crippen LogP contribution < -0.4 is 27.8 Å². The molecule has 3 amide bonds. The number of benzene rings is 1. The summed E-state index contributed by atoms with van der Waals surface area (Å²) in [6.07, 6.45) is 1.12. The number of phenolic OH excluding ortho intramolecular Hbond substituents is 1. The number of aliphatic carboxylic acids is 1. The fourth-order valence-corrected chi connectivity index (χ4v) is 2.67. The van der Waals surface area contributed by atoms with Crippen molar-refractivity contribution in [3.05, 3.63) is 29.8 Å². The van der Waals surface area contributed by atoms with Gasteiger partial charge in [-0.05, 0) is 37.1 Å². The Morgan fingerprint density at radius 2 is 1.57 bits per heavy atom. The molecule has 3 atom stereocenters. The molecule has 0 saturated heterocycles. The van der Waals surface area contributed by atoms with Crippen LogP contribution in [0.4, 0.5) is 0 Å². The van der Waals surface area contributed by atoms with E-state index in [1.165, 1.54) is 12.1 Å². The first-order valence-corrected chi connectivity index (χ1v) is 9.49. The van der Waals surface area contributed by atoms with E-state index in [1.807, 2.05) is 0 Å². The molecule has 166 valence electrons. The molecule has 0 heterocycles. The van der Waals surface area contributed by atoms with Gasteiger partial charge in [-0.2, -0.15) is 0 Å². The Hall–Kier alpha value is -3.18. The quantitative estimate of drug-likeness (QED) is 0.182. The van der Waals surface area contributed by atoms with Crippen molar-refractivity contribution >= 4 is 23.7 Å². The number of hydrogen-bond acceptors (Lipinski definition) is 7. The van der Waals surface area contributed by atoms with Crippen LogP contribution in [0.15, 0.2) is 24.3 Å². The van der Waals surface area contributed by atoms with E-state index in [0.717, 1.165) is 0 Å². The van der Waals surface area contributed by atoms with Gasteiger partial charge in [0, 0.05) is 6.42 Å². The maximum Gasteiger partial charge on any atom is 0.326 e. The van der Waals surface area contributed by atoms with E-state index in [9.17, 15) is 29.4 Å². The highest BCUT2D eigenvalue weighted by Gasteiger charge is 2.29. The molecule has 0 aliphatic carbocycles. The van der Waals surface area contributed by atoms with Crippen LogP contribution in [-0.2, 0) is 25.6 Å². The van der Waals surface area contributed by atoms with Gasteiger partial charge in [-0.15, -0.1) is 0 Å². The van der Waals surface area contributed by atoms with E-state index < -0.39 is 48.2 Å². The fourth-order valence-electron chi connectivity index (χ4n) is 2.67. The monoisotopic (exact) mass is 423 g/mol. The first-order chi connectivity index (χ1) is 14.1. The van der Waals surface area contributed by atoms with Gasteiger partial charge >= 0.3 is 5.97 Å². The van der Waals surface area contributed by atoms with E-state index >= 15 is 0 Å². The Labute approximate surface area is 174 Å². The van der Waals surface area contributed by atoms with Gasteiger partial charge in [0.25, 0.3) is 0 Å². The molecular formula is C19H29N5O6. The predicted molar refractivity (Wildman–Crippen MR) is 108 cm³/mol. The lowest BCUT2D eigenvalue weighted by atomic mass is 10.0. The zero-order chi connectivity index (χ0) is 22.7. The number of amides is 3. The normalized spacial score (nSPS) is 13.7. The zero-order valence-electron chi connectivity index (χ0n) is 16.5. The van der Waals surface area contributed by atoms with E-state index in [4.69, 9.17) is 17.2 Å². The van der Waals surface area contributed by atoms with Crippen LogP contribution in [0.1, 0.15) is 31.2 Å². The lowest BCUT2D eigenvalue weighted by Crippen LogP contribution is -2.55. The molecule has 1 aromatic carbocycles. The first kappa shape index (κ1) is 24.9. The molecule has 11 heteroatoms. The van der Waals surface area contributed by atoms with Gasteiger partial charge in [0.05, 0.1) is 12.5 Å². The Morgan fingerprint density at radius 1 is 0.967 bits per heavy atom. The molecule has 0 aromatic heterocycles. The number of carbonyl (C=O) groups excluding carboxylic acids is 3. The van der Waals surface area contributed by atoms with Gasteiger partial charge in [-0.25, -0.2) is 4.79 Å². The topological polar surface area (TPSA) is 211 Å². The van der Waals surface area contributed by atoms with Crippen molar-refractivity contribution in [1.29, 1.82) is 0 Å². The standard InChI is InChI=1S/C19H29N5O6/c20-8-2-1-3-13(21)17(27)23-14(9-11-4-6-12(25)7-5-11)18(28)24-15(19(29)30)10-16(22)26/h4-7,13-15,25H,1-3,8-10,20-21H2,(H2,22,26)(H,23,27)(H,24,28)(H,29,30)/t13-,14-,15-/m0/s1. The van der Waals surface area contributed by atoms with Crippen molar-refractivity contribution in [2.24, 2.45) is 17.2 Å². The molecule has 0 radical (unpaired) electrons. The number of rotatable bonds is 13. The molecule has 30 heavy (non-hydrogen) atoms. The molecule has 11 nitrogen and oxygen atoms in total. The number of unbranched alkanes of at least 4 members (excludes halogenated alkanes) is 1.